The molecular weight excluding hydrogens is 774 g/mol. The lowest BCUT2D eigenvalue weighted by atomic mass is 10.0. The molecule has 0 amide bonds. The lowest BCUT2D eigenvalue weighted by Crippen LogP contribution is -2.37. The smallest absolute Gasteiger partial charge is 0.462 e. The van der Waals surface area contributed by atoms with Gasteiger partial charge in [0, 0.05) is 12.8 Å². The average Bonchev–Trinajstić information content (AvgIpc) is 3.20. The van der Waals surface area contributed by atoms with E-state index < -0.39 is 26.5 Å². The lowest BCUT2D eigenvalue weighted by molar-refractivity contribution is -0.870. The fourth-order valence-corrected chi connectivity index (χ4v) is 7.81. The highest BCUT2D eigenvalue weighted by Gasteiger charge is 2.27. The minimum atomic E-state index is -4.38. The highest BCUT2D eigenvalue weighted by atomic mass is 31.2. The Balaban J connectivity index is 4.24. The van der Waals surface area contributed by atoms with Gasteiger partial charge < -0.3 is 18.9 Å². The van der Waals surface area contributed by atoms with Crippen LogP contribution in [0.25, 0.3) is 0 Å². The number of phosphoric acid groups is 1. The van der Waals surface area contributed by atoms with Crippen molar-refractivity contribution in [3.63, 3.8) is 0 Å². The van der Waals surface area contributed by atoms with Crippen LogP contribution in [0.3, 0.4) is 0 Å². The van der Waals surface area contributed by atoms with Crippen LogP contribution < -0.4 is 0 Å². The molecule has 0 aromatic heterocycles. The summed E-state index contributed by atoms with van der Waals surface area (Å²) in [6.07, 6.45) is 48.0. The van der Waals surface area contributed by atoms with Crippen molar-refractivity contribution in [2.45, 2.75) is 238 Å². The van der Waals surface area contributed by atoms with E-state index in [4.69, 9.17) is 18.5 Å². The summed E-state index contributed by atoms with van der Waals surface area (Å²) in [5.74, 6) is -0.805. The quantitative estimate of drug-likeness (QED) is 0.0212. The van der Waals surface area contributed by atoms with Crippen LogP contribution in [0.5, 0.6) is 0 Å². The molecule has 9 nitrogen and oxygen atoms in total. The van der Waals surface area contributed by atoms with Gasteiger partial charge in [0.2, 0.25) is 0 Å². The predicted octanol–water partition coefficient (Wildman–Crippen LogP) is 14.7. The normalized spacial score (nSPS) is 13.6. The maximum Gasteiger partial charge on any atom is 0.472 e. The highest BCUT2D eigenvalue weighted by Crippen LogP contribution is 2.43. The molecule has 0 aromatic rings. The number of quaternary nitrogens is 1. The number of rotatable bonds is 46. The SMILES string of the molecule is CCCCCC/C=C/C=C/CCCCCCCC(=O)OC[C@H](COP(=O)(O)OCC[N+](C)(C)C)OC(=O)CCCCCCCCCCCCCCCCCCCCCCC. The summed E-state index contributed by atoms with van der Waals surface area (Å²) in [4.78, 5) is 35.5. The first-order valence-corrected chi connectivity index (χ1v) is 26.6. The van der Waals surface area contributed by atoms with Crippen LogP contribution >= 0.6 is 7.82 Å². The van der Waals surface area contributed by atoms with Gasteiger partial charge in [0.1, 0.15) is 19.8 Å². The van der Waals surface area contributed by atoms with Crippen molar-refractivity contribution in [1.82, 2.24) is 0 Å². The van der Waals surface area contributed by atoms with Gasteiger partial charge in [-0.2, -0.15) is 0 Å². The predicted molar refractivity (Wildman–Crippen MR) is 252 cm³/mol. The lowest BCUT2D eigenvalue weighted by Gasteiger charge is -2.24. The average molecular weight is 871 g/mol. The zero-order valence-electron chi connectivity index (χ0n) is 40.0. The summed E-state index contributed by atoms with van der Waals surface area (Å²) in [6, 6.07) is 0. The van der Waals surface area contributed by atoms with Gasteiger partial charge in [-0.25, -0.2) is 4.57 Å². The Morgan fingerprint density at radius 1 is 0.517 bits per heavy atom. The second kappa shape index (κ2) is 42.8. The standard InChI is InChI=1S/C50H96NO8P/c1-6-8-10-12-14-16-18-20-22-23-24-25-26-27-29-31-33-35-37-39-41-43-50(53)59-48(47-58-60(54,55)57-45-44-51(3,4)5)46-56-49(52)42-40-38-36-34-32-30-28-21-19-17-15-13-11-9-7-2/h17,19,21,28,48H,6-16,18,20,22-27,29-47H2,1-5H3/p+1/b19-17+,28-21+/t48-/m1/s1. The van der Waals surface area contributed by atoms with Gasteiger partial charge in [0.15, 0.2) is 6.10 Å². The third kappa shape index (κ3) is 46.0. The van der Waals surface area contributed by atoms with Gasteiger partial charge in [-0.1, -0.05) is 205 Å². The van der Waals surface area contributed by atoms with Gasteiger partial charge in [0.05, 0.1) is 27.7 Å². The van der Waals surface area contributed by atoms with E-state index in [1.54, 1.807) is 0 Å². The number of phosphoric ester groups is 1. The van der Waals surface area contributed by atoms with E-state index in [2.05, 4.69) is 38.2 Å². The van der Waals surface area contributed by atoms with Crippen LogP contribution in [0.15, 0.2) is 24.3 Å². The van der Waals surface area contributed by atoms with Crippen LogP contribution in [0.4, 0.5) is 0 Å². The largest absolute Gasteiger partial charge is 0.472 e. The van der Waals surface area contributed by atoms with E-state index in [1.165, 1.54) is 141 Å². The maximum absolute atomic E-state index is 12.7. The number of carbonyl (C=O) groups is 2. The van der Waals surface area contributed by atoms with Crippen molar-refractivity contribution >= 4 is 19.8 Å². The van der Waals surface area contributed by atoms with Gasteiger partial charge in [-0.3, -0.25) is 18.6 Å². The molecule has 0 aliphatic rings. The first kappa shape index (κ1) is 58.5. The van der Waals surface area contributed by atoms with Gasteiger partial charge in [-0.15, -0.1) is 0 Å². The summed E-state index contributed by atoms with van der Waals surface area (Å²) >= 11 is 0. The van der Waals surface area contributed by atoms with E-state index in [1.807, 2.05) is 21.1 Å². The second-order valence-corrected chi connectivity index (χ2v) is 19.7. The minimum Gasteiger partial charge on any atom is -0.462 e. The molecule has 0 fully saturated rings. The van der Waals surface area contributed by atoms with Crippen LogP contribution in [0.2, 0.25) is 0 Å². The number of unbranched alkanes of at least 4 members (excludes halogenated alkanes) is 29. The number of hydrogen-bond donors (Lipinski definition) is 1. The molecular formula is C50H97NO8P+. The molecule has 0 aliphatic heterocycles. The van der Waals surface area contributed by atoms with Gasteiger partial charge >= 0.3 is 19.8 Å². The summed E-state index contributed by atoms with van der Waals surface area (Å²) in [7, 11) is 1.48. The van der Waals surface area contributed by atoms with E-state index in [0.717, 1.165) is 57.8 Å². The molecule has 60 heavy (non-hydrogen) atoms. The van der Waals surface area contributed by atoms with Crippen LogP contribution in [0.1, 0.15) is 232 Å². The van der Waals surface area contributed by atoms with Crippen molar-refractivity contribution in [2.75, 3.05) is 47.5 Å². The maximum atomic E-state index is 12.7. The van der Waals surface area contributed by atoms with Crippen LogP contribution in [-0.2, 0) is 32.7 Å². The Morgan fingerprint density at radius 2 is 0.883 bits per heavy atom. The molecule has 2 atom stereocenters. The third-order valence-corrected chi connectivity index (χ3v) is 12.0. The topological polar surface area (TPSA) is 108 Å². The van der Waals surface area contributed by atoms with E-state index >= 15 is 0 Å². The second-order valence-electron chi connectivity index (χ2n) is 18.2. The molecule has 1 N–H and O–H groups in total. The summed E-state index contributed by atoms with van der Waals surface area (Å²) in [6.45, 7) is 4.42. The van der Waals surface area contributed by atoms with Crippen molar-refractivity contribution in [2.24, 2.45) is 0 Å². The number of ether oxygens (including phenoxy) is 2. The Hall–Kier alpha value is -1.51. The minimum absolute atomic E-state index is 0.0312. The summed E-state index contributed by atoms with van der Waals surface area (Å²) in [5.41, 5.74) is 0. The third-order valence-electron chi connectivity index (χ3n) is 11.0. The van der Waals surface area contributed by atoms with E-state index in [9.17, 15) is 19.0 Å². The molecule has 0 rings (SSSR count). The number of esters is 2. The molecule has 0 radical (unpaired) electrons. The van der Waals surface area contributed by atoms with Gasteiger partial charge in [-0.05, 0) is 38.5 Å². The van der Waals surface area contributed by atoms with Crippen molar-refractivity contribution < 1.29 is 42.1 Å². The molecule has 0 heterocycles. The highest BCUT2D eigenvalue weighted by molar-refractivity contribution is 7.47. The Morgan fingerprint density at radius 3 is 1.30 bits per heavy atom. The van der Waals surface area contributed by atoms with Crippen molar-refractivity contribution in [3.05, 3.63) is 24.3 Å². The Kier molecular flexibility index (Phi) is 41.7. The van der Waals surface area contributed by atoms with Crippen molar-refractivity contribution in [3.8, 4) is 0 Å². The number of allylic oxidation sites excluding steroid dienone is 4. The fraction of sp³-hybridized carbons (Fsp3) is 0.880. The monoisotopic (exact) mass is 871 g/mol. The first-order valence-electron chi connectivity index (χ1n) is 25.1. The molecule has 0 aliphatic carbocycles. The molecule has 354 valence electrons. The number of nitrogens with zero attached hydrogens (tertiary/aromatic N) is 1. The zero-order valence-corrected chi connectivity index (χ0v) is 40.9. The summed E-state index contributed by atoms with van der Waals surface area (Å²) < 4.78 is 34.4. The number of likely N-dealkylation sites (N-methyl/N-ethyl adjacent to an activating group) is 1. The molecule has 0 saturated heterocycles. The molecule has 1 unspecified atom stereocenters. The van der Waals surface area contributed by atoms with Crippen molar-refractivity contribution in [1.29, 1.82) is 0 Å². The van der Waals surface area contributed by atoms with Gasteiger partial charge in [0.25, 0.3) is 0 Å². The molecule has 0 saturated carbocycles. The Labute approximate surface area is 370 Å². The molecule has 0 spiro atoms. The Bertz CT molecular complexity index is 1070. The van der Waals surface area contributed by atoms with E-state index in [0.29, 0.717) is 17.4 Å². The van der Waals surface area contributed by atoms with Crippen LogP contribution in [-0.4, -0.2) is 74.9 Å². The van der Waals surface area contributed by atoms with E-state index in [-0.39, 0.29) is 32.0 Å². The van der Waals surface area contributed by atoms with Crippen LogP contribution in [0, 0.1) is 0 Å². The number of carbonyl (C=O) groups excluding carboxylic acids is 2. The summed E-state index contributed by atoms with van der Waals surface area (Å²) in [5, 5.41) is 0. The zero-order chi connectivity index (χ0) is 44.3. The fourth-order valence-electron chi connectivity index (χ4n) is 7.07. The molecule has 0 bridgehead atoms. The first-order chi connectivity index (χ1) is 29.0. The molecule has 10 heteroatoms. The number of hydrogen-bond acceptors (Lipinski definition) is 7. The molecule has 0 aromatic carbocycles.